The minimum atomic E-state index is -3.98. The summed E-state index contributed by atoms with van der Waals surface area (Å²) in [5.41, 5.74) is 0.546. The molecule has 0 unspecified atom stereocenters. The van der Waals surface area contributed by atoms with Gasteiger partial charge in [-0.3, -0.25) is 4.72 Å². The van der Waals surface area contributed by atoms with Gasteiger partial charge in [0.1, 0.15) is 19.5 Å². The highest BCUT2D eigenvalue weighted by molar-refractivity contribution is 9.10. The van der Waals surface area contributed by atoms with Crippen molar-refractivity contribution in [2.75, 3.05) is 24.4 Å². The molecule has 170 valence electrons. The number of hydrogen-bond donors (Lipinski definition) is 2. The lowest BCUT2D eigenvalue weighted by atomic mass is 10.1. The lowest BCUT2D eigenvalue weighted by molar-refractivity contribution is 0.202. The van der Waals surface area contributed by atoms with Gasteiger partial charge in [-0.15, -0.1) is 0 Å². The number of nitrogens with one attached hydrogen (secondary N) is 2. The first kappa shape index (κ1) is 19.1. The van der Waals surface area contributed by atoms with Gasteiger partial charge in [-0.2, -0.15) is 13.1 Å². The molecule has 0 saturated carbocycles. The minimum Gasteiger partial charge on any atom is -0.473 e. The lowest BCUT2D eigenvalue weighted by Gasteiger charge is -2.15. The summed E-state index contributed by atoms with van der Waals surface area (Å²) >= 11 is 6.34. The van der Waals surface area contributed by atoms with Crippen molar-refractivity contribution in [1.82, 2.24) is 24.7 Å². The van der Waals surface area contributed by atoms with Crippen molar-refractivity contribution < 1.29 is 23.4 Å². The average molecular weight is 592 g/mol. The van der Waals surface area contributed by atoms with Crippen LogP contribution < -0.4 is 18.9 Å². The summed E-state index contributed by atoms with van der Waals surface area (Å²) in [7, 11) is -3.98. The van der Waals surface area contributed by atoms with E-state index in [0.717, 1.165) is 10.8 Å². The molecule has 0 bridgehead atoms. The Morgan fingerprint density at radius 2 is 1.78 bits per heavy atom. The van der Waals surface area contributed by atoms with E-state index < -0.39 is 23.4 Å². The van der Waals surface area contributed by atoms with Crippen LogP contribution in [0.4, 0.5) is 5.82 Å². The van der Waals surface area contributed by atoms with Crippen LogP contribution in [-0.2, 0) is 10.2 Å². The second-order valence-electron chi connectivity index (χ2n) is 5.99. The van der Waals surface area contributed by atoms with Crippen molar-refractivity contribution in [3.63, 3.8) is 0 Å². The van der Waals surface area contributed by atoms with Crippen molar-refractivity contribution in [3.8, 4) is 23.0 Å². The van der Waals surface area contributed by atoms with Gasteiger partial charge in [0.25, 0.3) is 10.2 Å². The number of aromatic nitrogens is 4. The monoisotopic (exact) mass is 590 g/mol. The molecule has 10 nitrogen and oxygen atoms in total. The normalized spacial score (nSPS) is 13.5. The van der Waals surface area contributed by atoms with Crippen LogP contribution in [0.15, 0.2) is 51.9 Å². The highest BCUT2D eigenvalue weighted by Gasteiger charge is 2.19. The van der Waals surface area contributed by atoms with Gasteiger partial charge in [-0.25, -0.2) is 19.9 Å². The van der Waals surface area contributed by atoms with E-state index in [1.165, 1.54) is 0 Å². The summed E-state index contributed by atoms with van der Waals surface area (Å²) in [6.45, 7) is -1.21. The van der Waals surface area contributed by atoms with Crippen LogP contribution >= 0.6 is 31.9 Å². The summed E-state index contributed by atoms with van der Waals surface area (Å²) < 4.78 is 73.0. The number of anilines is 1. The quantitative estimate of drug-likeness (QED) is 0.346. The van der Waals surface area contributed by atoms with Gasteiger partial charge in [0.15, 0.2) is 5.82 Å². The van der Waals surface area contributed by atoms with E-state index in [2.05, 4.69) is 61.2 Å². The molecule has 1 aromatic carbocycles. The molecular formula is C19H20Br2N6O4S. The molecule has 13 heteroatoms. The Balaban J connectivity index is 1.93. The Kier molecular flexibility index (Phi) is 6.88. The van der Waals surface area contributed by atoms with Crippen LogP contribution in [0.5, 0.6) is 11.9 Å². The lowest BCUT2D eigenvalue weighted by Crippen LogP contribution is -2.31. The third-order valence-corrected chi connectivity index (χ3v) is 5.58. The molecule has 0 aliphatic carbocycles. The molecule has 3 rings (SSSR count). The first-order valence-corrected chi connectivity index (χ1v) is 12.2. The van der Waals surface area contributed by atoms with E-state index in [1.54, 1.807) is 24.3 Å². The van der Waals surface area contributed by atoms with Gasteiger partial charge >= 0.3 is 6.01 Å². The zero-order valence-electron chi connectivity index (χ0n) is 20.6. The Morgan fingerprint density at radius 3 is 2.47 bits per heavy atom. The van der Waals surface area contributed by atoms with Gasteiger partial charge < -0.3 is 9.47 Å². The molecule has 0 radical (unpaired) electrons. The number of benzene rings is 1. The minimum absolute atomic E-state index is 0.0673. The first-order chi connectivity index (χ1) is 16.9. The van der Waals surface area contributed by atoms with Crippen molar-refractivity contribution in [2.45, 2.75) is 13.3 Å². The highest BCUT2D eigenvalue weighted by atomic mass is 79.9. The van der Waals surface area contributed by atoms with Crippen LogP contribution in [0.3, 0.4) is 0 Å². The summed E-state index contributed by atoms with van der Waals surface area (Å²) in [5, 5.41) is 0. The van der Waals surface area contributed by atoms with E-state index in [0.29, 0.717) is 12.0 Å². The van der Waals surface area contributed by atoms with Gasteiger partial charge in [0, 0.05) is 23.4 Å². The van der Waals surface area contributed by atoms with E-state index in [1.807, 2.05) is 6.92 Å². The fraction of sp³-hybridized carbons (Fsp3) is 0.263. The summed E-state index contributed by atoms with van der Waals surface area (Å²) in [4.78, 5) is 15.5. The maximum Gasteiger partial charge on any atom is 0.316 e. The van der Waals surface area contributed by atoms with Crippen molar-refractivity contribution >= 4 is 47.9 Å². The first-order valence-electron chi connectivity index (χ1n) is 11.1. The fourth-order valence-corrected chi connectivity index (χ4v) is 3.70. The van der Waals surface area contributed by atoms with Gasteiger partial charge in [-0.05, 0) is 40.0 Å². The van der Waals surface area contributed by atoms with E-state index >= 15 is 0 Å². The zero-order chi connectivity index (χ0) is 26.5. The topological polar surface area (TPSA) is 128 Å². The number of rotatable bonds is 11. The Morgan fingerprint density at radius 1 is 1.06 bits per heavy atom. The second kappa shape index (κ2) is 11.5. The maximum atomic E-state index is 12.5. The zero-order valence-corrected chi connectivity index (χ0v) is 20.6. The Bertz CT molecular complexity index is 1310. The molecule has 0 aliphatic heterocycles. The average Bonchev–Trinajstić information content (AvgIpc) is 2.80. The van der Waals surface area contributed by atoms with Gasteiger partial charge in [-0.1, -0.05) is 35.0 Å². The number of nitrogens with zero attached hydrogens (tertiary/aromatic N) is 4. The predicted molar refractivity (Wildman–Crippen MR) is 127 cm³/mol. The number of hydrogen-bond acceptors (Lipinski definition) is 8. The van der Waals surface area contributed by atoms with Crippen LogP contribution in [0.25, 0.3) is 11.1 Å². The van der Waals surface area contributed by atoms with Crippen molar-refractivity contribution in [3.05, 3.63) is 51.9 Å². The summed E-state index contributed by atoms with van der Waals surface area (Å²) in [6.07, 6.45) is 1.01. The molecule has 2 heterocycles. The van der Waals surface area contributed by atoms with Crippen LogP contribution in [0, 0.1) is 0 Å². The molecule has 0 aliphatic rings. The molecular weight excluding hydrogens is 568 g/mol. The largest absolute Gasteiger partial charge is 0.473 e. The van der Waals surface area contributed by atoms with Crippen molar-refractivity contribution in [2.24, 2.45) is 0 Å². The van der Waals surface area contributed by atoms with Crippen molar-refractivity contribution in [1.29, 1.82) is 0 Å². The van der Waals surface area contributed by atoms with E-state index in [9.17, 15) is 8.42 Å². The summed E-state index contributed by atoms with van der Waals surface area (Å²) in [5.74, 6) is -0.384. The van der Waals surface area contributed by atoms with Crippen LogP contribution in [-0.4, -0.2) is 48.1 Å². The number of halogens is 2. The summed E-state index contributed by atoms with van der Waals surface area (Å²) in [6, 6.07) is 6.34. The molecule has 0 atom stereocenters. The third-order valence-electron chi connectivity index (χ3n) is 3.65. The second-order valence-corrected chi connectivity index (χ2v) is 9.20. The van der Waals surface area contributed by atoms with Crippen LogP contribution in [0.1, 0.15) is 18.8 Å². The fourth-order valence-electron chi connectivity index (χ4n) is 2.30. The molecule has 0 fully saturated rings. The molecule has 32 heavy (non-hydrogen) atoms. The number of ether oxygens (including phenoxy) is 2. The SMILES string of the molecule is [2H]c1nc(OCC([2H])([2H])Oc2ncnc(NS(=O)(=O)NCCC)c2-c2ccc(Br)cc2)nc([2H])c1Br. The smallest absolute Gasteiger partial charge is 0.316 e. The molecule has 2 aromatic heterocycles. The van der Waals surface area contributed by atoms with E-state index in [-0.39, 0.29) is 46.6 Å². The standard InChI is InChI=1S/C19H20Br2N6O4S/c1-2-7-26-32(28,29)27-17-16(13-3-5-14(20)6-4-13)18(25-12-24-17)30-8-9-31-19-22-10-15(21)11-23-19/h3-6,10-12,26H,2,7-9H2,1H3,(H,24,25,27)/i8D2,10D,11D. The Labute approximate surface area is 208 Å². The van der Waals surface area contributed by atoms with Gasteiger partial charge in [0.05, 0.1) is 15.5 Å². The molecule has 0 amide bonds. The Hall–Kier alpha value is -2.35. The molecule has 0 saturated heterocycles. The predicted octanol–water partition coefficient (Wildman–Crippen LogP) is 3.57. The van der Waals surface area contributed by atoms with Gasteiger partial charge in [0.2, 0.25) is 5.88 Å². The van der Waals surface area contributed by atoms with Crippen LogP contribution in [0.2, 0.25) is 0 Å². The van der Waals surface area contributed by atoms with E-state index in [4.69, 9.17) is 15.0 Å². The third kappa shape index (κ3) is 7.08. The molecule has 2 N–H and O–H groups in total. The molecule has 3 aromatic rings. The molecule has 0 spiro atoms. The maximum absolute atomic E-state index is 12.5. The highest BCUT2D eigenvalue weighted by Crippen LogP contribution is 2.34.